The first-order chi connectivity index (χ1) is 8.56. The van der Waals surface area contributed by atoms with Crippen LogP contribution in [-0.2, 0) is 5.75 Å². The number of aromatic nitrogens is 2. The van der Waals surface area contributed by atoms with E-state index >= 15 is 0 Å². The van der Waals surface area contributed by atoms with Gasteiger partial charge in [-0.15, -0.1) is 0 Å². The number of carboxylic acid groups (broad SMARTS) is 1. The molecule has 0 saturated carbocycles. The lowest BCUT2D eigenvalue weighted by Gasteiger charge is -2.02. The van der Waals surface area contributed by atoms with Gasteiger partial charge in [0.2, 0.25) is 0 Å². The van der Waals surface area contributed by atoms with Crippen molar-refractivity contribution in [2.24, 2.45) is 0 Å². The number of nitrogens with zero attached hydrogens (tertiary/aromatic N) is 2. The van der Waals surface area contributed by atoms with Gasteiger partial charge in [-0.1, -0.05) is 11.8 Å². The molecule has 0 saturated heterocycles. The maximum Gasteiger partial charge on any atom is 0.339 e. The Morgan fingerprint density at radius 2 is 2.06 bits per heavy atom. The van der Waals surface area contributed by atoms with Gasteiger partial charge in [0.25, 0.3) is 0 Å². The Labute approximate surface area is 108 Å². The molecule has 0 aliphatic rings. The highest BCUT2D eigenvalue weighted by Crippen LogP contribution is 2.22. The summed E-state index contributed by atoms with van der Waals surface area (Å²) in [5.41, 5.74) is 1.97. The molecule has 0 bridgehead atoms. The van der Waals surface area contributed by atoms with E-state index in [4.69, 9.17) is 9.52 Å². The summed E-state index contributed by atoms with van der Waals surface area (Å²) in [5.74, 6) is -0.159. The van der Waals surface area contributed by atoms with Crippen LogP contribution in [0, 0.1) is 13.8 Å². The highest BCUT2D eigenvalue weighted by molar-refractivity contribution is 7.98. The molecule has 2 rings (SSSR count). The van der Waals surface area contributed by atoms with Crippen molar-refractivity contribution in [1.82, 2.24) is 9.97 Å². The third-order valence-electron chi connectivity index (χ3n) is 2.27. The van der Waals surface area contributed by atoms with E-state index in [0.29, 0.717) is 16.7 Å². The quantitative estimate of drug-likeness (QED) is 0.675. The molecule has 0 unspecified atom stereocenters. The van der Waals surface area contributed by atoms with Gasteiger partial charge < -0.3 is 9.52 Å². The van der Waals surface area contributed by atoms with Gasteiger partial charge in [-0.3, -0.25) is 0 Å². The molecule has 5 nitrogen and oxygen atoms in total. The minimum absolute atomic E-state index is 0.187. The molecular formula is C12H12N2O3S. The van der Waals surface area contributed by atoms with Gasteiger partial charge >= 0.3 is 5.97 Å². The summed E-state index contributed by atoms with van der Waals surface area (Å²) in [7, 11) is 0. The minimum atomic E-state index is -0.985. The monoisotopic (exact) mass is 264 g/mol. The number of hydrogen-bond acceptors (Lipinski definition) is 5. The van der Waals surface area contributed by atoms with Gasteiger partial charge in [-0.05, 0) is 26.0 Å². The number of aromatic carboxylic acids is 1. The van der Waals surface area contributed by atoms with Gasteiger partial charge in [-0.2, -0.15) is 0 Å². The molecule has 0 aromatic carbocycles. The third kappa shape index (κ3) is 2.89. The van der Waals surface area contributed by atoms with Crippen molar-refractivity contribution in [1.29, 1.82) is 0 Å². The fourth-order valence-electron chi connectivity index (χ4n) is 1.53. The summed E-state index contributed by atoms with van der Waals surface area (Å²) in [6.45, 7) is 3.79. The summed E-state index contributed by atoms with van der Waals surface area (Å²) in [6.07, 6.45) is 1.38. The first kappa shape index (κ1) is 12.6. The lowest BCUT2D eigenvalue weighted by atomic mass is 10.3. The Kier molecular flexibility index (Phi) is 3.66. The van der Waals surface area contributed by atoms with E-state index in [1.54, 1.807) is 0 Å². The van der Waals surface area contributed by atoms with Crippen LogP contribution < -0.4 is 0 Å². The van der Waals surface area contributed by atoms with E-state index in [1.165, 1.54) is 24.1 Å². The molecule has 2 aromatic rings. The fourth-order valence-corrected chi connectivity index (χ4v) is 2.43. The second kappa shape index (κ2) is 5.22. The molecule has 94 valence electrons. The first-order valence-electron chi connectivity index (χ1n) is 5.31. The number of hydrogen-bond donors (Lipinski definition) is 1. The highest BCUT2D eigenvalue weighted by Gasteiger charge is 2.14. The Morgan fingerprint density at radius 3 is 2.67 bits per heavy atom. The Morgan fingerprint density at radius 1 is 1.39 bits per heavy atom. The van der Waals surface area contributed by atoms with Crippen molar-refractivity contribution in [2.45, 2.75) is 24.8 Å². The van der Waals surface area contributed by atoms with Crippen LogP contribution in [0.5, 0.6) is 0 Å². The lowest BCUT2D eigenvalue weighted by Crippen LogP contribution is -1.98. The largest absolute Gasteiger partial charge is 0.478 e. The molecule has 6 heteroatoms. The van der Waals surface area contributed by atoms with Crippen molar-refractivity contribution in [2.75, 3.05) is 0 Å². The SMILES string of the molecule is Cc1cc(C)nc(SCc2occc2C(=O)O)n1. The van der Waals surface area contributed by atoms with Crippen molar-refractivity contribution in [3.05, 3.63) is 41.1 Å². The molecular weight excluding hydrogens is 252 g/mol. The van der Waals surface area contributed by atoms with Crippen LogP contribution in [0.25, 0.3) is 0 Å². The number of carboxylic acids is 1. The summed E-state index contributed by atoms with van der Waals surface area (Å²) in [4.78, 5) is 19.4. The maximum absolute atomic E-state index is 10.9. The van der Waals surface area contributed by atoms with Gasteiger partial charge in [0.05, 0.1) is 12.0 Å². The predicted molar refractivity (Wildman–Crippen MR) is 66.7 cm³/mol. The fraction of sp³-hybridized carbons (Fsp3) is 0.250. The zero-order valence-electron chi connectivity index (χ0n) is 10.0. The van der Waals surface area contributed by atoms with E-state index in [1.807, 2.05) is 19.9 Å². The smallest absolute Gasteiger partial charge is 0.339 e. The number of furan rings is 1. The number of thioether (sulfide) groups is 1. The van der Waals surface area contributed by atoms with E-state index in [9.17, 15) is 4.79 Å². The van der Waals surface area contributed by atoms with Crippen LogP contribution >= 0.6 is 11.8 Å². The standard InChI is InChI=1S/C12H12N2O3S/c1-7-5-8(2)14-12(13-7)18-6-10-9(11(15)16)3-4-17-10/h3-5H,6H2,1-2H3,(H,15,16). The van der Waals surface area contributed by atoms with Crippen LogP contribution in [0.15, 0.2) is 28.0 Å². The zero-order valence-corrected chi connectivity index (χ0v) is 10.8. The summed E-state index contributed by atoms with van der Waals surface area (Å²) in [6, 6.07) is 3.33. The van der Waals surface area contributed by atoms with Crippen molar-refractivity contribution < 1.29 is 14.3 Å². The van der Waals surface area contributed by atoms with Crippen molar-refractivity contribution >= 4 is 17.7 Å². The van der Waals surface area contributed by atoms with Gasteiger partial charge in [-0.25, -0.2) is 14.8 Å². The average molecular weight is 264 g/mol. The van der Waals surface area contributed by atoms with E-state index in [-0.39, 0.29) is 5.56 Å². The van der Waals surface area contributed by atoms with E-state index < -0.39 is 5.97 Å². The Bertz CT molecular complexity index is 560. The molecule has 0 radical (unpaired) electrons. The van der Waals surface area contributed by atoms with Gasteiger partial charge in [0.1, 0.15) is 11.3 Å². The molecule has 1 N–H and O–H groups in total. The van der Waals surface area contributed by atoms with Gasteiger partial charge in [0.15, 0.2) is 5.16 Å². The van der Waals surface area contributed by atoms with Crippen LogP contribution in [0.2, 0.25) is 0 Å². The third-order valence-corrected chi connectivity index (χ3v) is 3.12. The zero-order chi connectivity index (χ0) is 13.1. The molecule has 18 heavy (non-hydrogen) atoms. The molecule has 0 spiro atoms. The minimum Gasteiger partial charge on any atom is -0.478 e. The van der Waals surface area contributed by atoms with E-state index in [2.05, 4.69) is 9.97 Å². The first-order valence-corrected chi connectivity index (χ1v) is 6.29. The summed E-state index contributed by atoms with van der Waals surface area (Å²) >= 11 is 1.36. The second-order valence-electron chi connectivity index (χ2n) is 3.78. The second-order valence-corrected chi connectivity index (χ2v) is 4.73. The normalized spacial score (nSPS) is 10.6. The average Bonchev–Trinajstić information content (AvgIpc) is 2.73. The molecule has 0 aliphatic carbocycles. The Balaban J connectivity index is 2.11. The van der Waals surface area contributed by atoms with Crippen molar-refractivity contribution in [3.63, 3.8) is 0 Å². The lowest BCUT2D eigenvalue weighted by molar-refractivity contribution is 0.0695. The van der Waals surface area contributed by atoms with Crippen LogP contribution in [0.1, 0.15) is 27.5 Å². The van der Waals surface area contributed by atoms with Crippen LogP contribution in [0.4, 0.5) is 0 Å². The number of rotatable bonds is 4. The van der Waals surface area contributed by atoms with Gasteiger partial charge in [0, 0.05) is 11.4 Å². The number of carbonyl (C=O) groups is 1. The predicted octanol–water partition coefficient (Wildman–Crippen LogP) is 2.68. The maximum atomic E-state index is 10.9. The van der Waals surface area contributed by atoms with E-state index in [0.717, 1.165) is 11.4 Å². The Hall–Kier alpha value is -1.82. The number of aryl methyl sites for hydroxylation is 2. The molecule has 0 fully saturated rings. The van der Waals surface area contributed by atoms with Crippen molar-refractivity contribution in [3.8, 4) is 0 Å². The topological polar surface area (TPSA) is 76.2 Å². The highest BCUT2D eigenvalue weighted by atomic mass is 32.2. The van der Waals surface area contributed by atoms with Crippen LogP contribution in [-0.4, -0.2) is 21.0 Å². The summed E-state index contributed by atoms with van der Waals surface area (Å²) in [5, 5.41) is 9.56. The molecule has 2 aromatic heterocycles. The van der Waals surface area contributed by atoms with Crippen LogP contribution in [0.3, 0.4) is 0 Å². The molecule has 0 aliphatic heterocycles. The molecule has 2 heterocycles. The summed E-state index contributed by atoms with van der Waals surface area (Å²) < 4.78 is 5.15. The molecule has 0 amide bonds. The molecule has 0 atom stereocenters.